The van der Waals surface area contributed by atoms with Crippen molar-refractivity contribution in [1.29, 1.82) is 0 Å². The molecule has 2 unspecified atom stereocenters. The van der Waals surface area contributed by atoms with Crippen molar-refractivity contribution < 1.29 is 19.2 Å². The largest absolute Gasteiger partial charge is 0.304 e. The van der Waals surface area contributed by atoms with Crippen LogP contribution in [0.5, 0.6) is 0 Å². The topological polar surface area (TPSA) is 112 Å². The van der Waals surface area contributed by atoms with Crippen LogP contribution < -0.4 is 20.7 Å². The minimum Gasteiger partial charge on any atom is -0.304 e. The summed E-state index contributed by atoms with van der Waals surface area (Å²) in [5.41, 5.74) is 7.29. The van der Waals surface area contributed by atoms with Gasteiger partial charge in [-0.2, -0.15) is 0 Å². The molecule has 12 nitrogen and oxygen atoms in total. The average molecular weight is 499 g/mol. The van der Waals surface area contributed by atoms with Crippen LogP contribution in [0.1, 0.15) is 12.8 Å². The second kappa shape index (κ2) is 10.3. The van der Waals surface area contributed by atoms with Gasteiger partial charge in [-0.25, -0.2) is 30.7 Å². The molecular formula is C24H34N8O4. The smallest absolute Gasteiger partial charge is 0.252 e. The number of nitrogens with zero attached hydrogens (tertiary/aromatic N) is 6. The summed E-state index contributed by atoms with van der Waals surface area (Å²) in [6.45, 7) is 6.72. The van der Waals surface area contributed by atoms with E-state index >= 15 is 0 Å². The Morgan fingerprint density at radius 2 is 0.917 bits per heavy atom. The molecule has 1 aromatic rings. The molecule has 5 rings (SSSR count). The molecule has 4 saturated heterocycles. The van der Waals surface area contributed by atoms with E-state index in [0.717, 1.165) is 52.4 Å². The molecule has 0 aliphatic carbocycles. The third kappa shape index (κ3) is 5.05. The molecule has 4 fully saturated rings. The molecule has 4 amide bonds. The van der Waals surface area contributed by atoms with Crippen molar-refractivity contribution in [2.45, 2.75) is 24.9 Å². The van der Waals surface area contributed by atoms with Gasteiger partial charge in [0.25, 0.3) is 11.8 Å². The van der Waals surface area contributed by atoms with E-state index in [1.54, 1.807) is 24.3 Å². The van der Waals surface area contributed by atoms with Crippen molar-refractivity contribution in [1.82, 2.24) is 30.7 Å². The Hall–Kier alpha value is -2.74. The van der Waals surface area contributed by atoms with Gasteiger partial charge in [0.15, 0.2) is 0 Å². The predicted molar refractivity (Wildman–Crippen MR) is 133 cm³/mol. The van der Waals surface area contributed by atoms with Crippen LogP contribution in [-0.2, 0) is 19.2 Å². The Morgan fingerprint density at radius 1 is 0.583 bits per heavy atom. The predicted octanol–water partition coefficient (Wildman–Crippen LogP) is -1.55. The lowest BCUT2D eigenvalue weighted by Crippen LogP contribution is -2.55. The van der Waals surface area contributed by atoms with Crippen molar-refractivity contribution in [3.8, 4) is 0 Å². The van der Waals surface area contributed by atoms with E-state index in [0.29, 0.717) is 11.4 Å². The maximum absolute atomic E-state index is 13.0. The van der Waals surface area contributed by atoms with Gasteiger partial charge in [-0.05, 0) is 38.4 Å². The number of hydrazine groups is 2. The summed E-state index contributed by atoms with van der Waals surface area (Å²) in [4.78, 5) is 58.2. The van der Waals surface area contributed by atoms with E-state index in [1.165, 1.54) is 9.80 Å². The molecule has 194 valence electrons. The highest BCUT2D eigenvalue weighted by molar-refractivity contribution is 6.24. The summed E-state index contributed by atoms with van der Waals surface area (Å²) in [6, 6.07) is 5.28. The Bertz CT molecular complexity index is 936. The number of nitrogens with one attached hydrogen (secondary N) is 2. The van der Waals surface area contributed by atoms with Crippen LogP contribution in [0, 0.1) is 0 Å². The summed E-state index contributed by atoms with van der Waals surface area (Å²) < 4.78 is 0. The lowest BCUT2D eigenvalue weighted by molar-refractivity contribution is -0.123. The first-order valence-electron chi connectivity index (χ1n) is 12.5. The third-order valence-electron chi connectivity index (χ3n) is 7.34. The number of carbonyl (C=O) groups is 4. The zero-order valence-corrected chi connectivity index (χ0v) is 20.9. The van der Waals surface area contributed by atoms with Crippen molar-refractivity contribution in [2.75, 3.05) is 76.3 Å². The number of likely N-dealkylation sites (N-methyl/N-ethyl adjacent to an activating group) is 2. The van der Waals surface area contributed by atoms with Gasteiger partial charge in [0.05, 0.1) is 24.2 Å². The van der Waals surface area contributed by atoms with Gasteiger partial charge in [0, 0.05) is 52.4 Å². The first-order valence-corrected chi connectivity index (χ1v) is 12.5. The average Bonchev–Trinajstić information content (AvgIpc) is 3.30. The number of amides is 4. The van der Waals surface area contributed by atoms with Gasteiger partial charge in [0.1, 0.15) is 12.1 Å². The Kier molecular flexibility index (Phi) is 7.15. The minimum absolute atomic E-state index is 0.0929. The van der Waals surface area contributed by atoms with E-state index in [4.69, 9.17) is 0 Å². The van der Waals surface area contributed by atoms with Crippen molar-refractivity contribution >= 4 is 35.0 Å². The first-order chi connectivity index (χ1) is 17.3. The molecule has 0 bridgehead atoms. The van der Waals surface area contributed by atoms with Gasteiger partial charge in [-0.1, -0.05) is 0 Å². The standard InChI is InChI=1S/C24H34N8O4/c1-27-7-11-29(12-8-27)25-19-15-21(33)31(23(19)35)17-3-5-18(6-4-17)32-22(34)16-20(24(32)36)26-30-13-9-28(2)10-14-30/h3-6,19-20,25-26H,7-16H2,1-2H3. The monoisotopic (exact) mass is 498 g/mol. The molecule has 36 heavy (non-hydrogen) atoms. The van der Waals surface area contributed by atoms with E-state index in [-0.39, 0.29) is 36.5 Å². The summed E-state index contributed by atoms with van der Waals surface area (Å²) in [6.07, 6.45) is 0.186. The molecule has 2 atom stereocenters. The van der Waals surface area contributed by atoms with Crippen molar-refractivity contribution in [3.63, 3.8) is 0 Å². The summed E-state index contributed by atoms with van der Waals surface area (Å²) in [7, 11) is 4.11. The number of piperazine rings is 2. The highest BCUT2D eigenvalue weighted by atomic mass is 16.2. The fourth-order valence-corrected chi connectivity index (χ4v) is 5.07. The molecule has 12 heteroatoms. The number of benzene rings is 1. The number of carbonyl (C=O) groups excluding carboxylic acids is 4. The zero-order chi connectivity index (χ0) is 25.4. The fraction of sp³-hybridized carbons (Fsp3) is 0.583. The molecule has 0 aromatic heterocycles. The van der Waals surface area contributed by atoms with Crippen LogP contribution in [0.4, 0.5) is 11.4 Å². The minimum atomic E-state index is -0.594. The quantitative estimate of drug-likeness (QED) is 0.448. The van der Waals surface area contributed by atoms with Gasteiger partial charge >= 0.3 is 0 Å². The highest BCUT2D eigenvalue weighted by Crippen LogP contribution is 2.28. The van der Waals surface area contributed by atoms with Crippen molar-refractivity contribution in [3.05, 3.63) is 24.3 Å². The third-order valence-corrected chi connectivity index (χ3v) is 7.34. The van der Waals surface area contributed by atoms with Gasteiger partial charge in [-0.3, -0.25) is 19.2 Å². The number of anilines is 2. The molecule has 0 spiro atoms. The lowest BCUT2D eigenvalue weighted by atomic mass is 10.2. The van der Waals surface area contributed by atoms with E-state index in [2.05, 4.69) is 34.7 Å². The molecule has 4 aliphatic heterocycles. The van der Waals surface area contributed by atoms with Crippen LogP contribution in [-0.4, -0.2) is 122 Å². The maximum Gasteiger partial charge on any atom is 0.252 e. The lowest BCUT2D eigenvalue weighted by Gasteiger charge is -2.34. The molecular weight excluding hydrogens is 464 g/mol. The molecule has 4 aliphatic rings. The van der Waals surface area contributed by atoms with Gasteiger partial charge in [-0.15, -0.1) is 0 Å². The summed E-state index contributed by atoms with van der Waals surface area (Å²) in [5, 5.41) is 4.00. The number of rotatable bonds is 6. The number of hydrogen-bond donors (Lipinski definition) is 2. The second-order valence-corrected chi connectivity index (χ2v) is 10.0. The SMILES string of the molecule is CN1CCN(NC2CC(=O)N(c3ccc(N4C(=O)CC(NN5CCN(C)CC5)C4=O)cc3)C2=O)CC1. The van der Waals surface area contributed by atoms with E-state index in [9.17, 15) is 19.2 Å². The summed E-state index contributed by atoms with van der Waals surface area (Å²) >= 11 is 0. The van der Waals surface area contributed by atoms with Crippen LogP contribution >= 0.6 is 0 Å². The van der Waals surface area contributed by atoms with Crippen LogP contribution in [0.25, 0.3) is 0 Å². The Labute approximate surface area is 210 Å². The normalized spacial score (nSPS) is 27.6. The fourth-order valence-electron chi connectivity index (χ4n) is 5.07. The molecule has 0 radical (unpaired) electrons. The molecule has 4 heterocycles. The van der Waals surface area contributed by atoms with Gasteiger partial charge < -0.3 is 9.80 Å². The Morgan fingerprint density at radius 3 is 1.25 bits per heavy atom. The maximum atomic E-state index is 13.0. The van der Waals surface area contributed by atoms with Crippen LogP contribution in [0.2, 0.25) is 0 Å². The van der Waals surface area contributed by atoms with E-state index < -0.39 is 12.1 Å². The number of imide groups is 2. The summed E-state index contributed by atoms with van der Waals surface area (Å²) in [5.74, 6) is -1.14. The second-order valence-electron chi connectivity index (χ2n) is 10.0. The van der Waals surface area contributed by atoms with E-state index in [1.807, 2.05) is 10.0 Å². The first kappa shape index (κ1) is 24.9. The van der Waals surface area contributed by atoms with Crippen LogP contribution in [0.3, 0.4) is 0 Å². The molecule has 2 N–H and O–H groups in total. The zero-order valence-electron chi connectivity index (χ0n) is 20.9. The molecule has 0 saturated carbocycles. The van der Waals surface area contributed by atoms with Gasteiger partial charge in [0.2, 0.25) is 11.8 Å². The highest BCUT2D eigenvalue weighted by Gasteiger charge is 2.42. The van der Waals surface area contributed by atoms with Crippen LogP contribution in [0.15, 0.2) is 24.3 Å². The number of hydrogen-bond acceptors (Lipinski definition) is 10. The molecule has 1 aromatic carbocycles. The van der Waals surface area contributed by atoms with Crippen molar-refractivity contribution in [2.24, 2.45) is 0 Å². The Balaban J connectivity index is 1.21.